The Balaban J connectivity index is 3.02. The van der Waals surface area contributed by atoms with Crippen LogP contribution in [0.1, 0.15) is 29.2 Å². The smallest absolute Gasteiger partial charge is 0.0213 e. The predicted octanol–water partition coefficient (Wildman–Crippen LogP) is 3.98. The molecule has 0 aliphatic rings. The van der Waals surface area contributed by atoms with Crippen LogP contribution < -0.4 is 0 Å². The maximum Gasteiger partial charge on any atom is -0.0213 e. The van der Waals surface area contributed by atoms with E-state index < -0.39 is 0 Å². The largest absolute Gasteiger partial charge is 0.103 e. The molecule has 0 N–H and O–H groups in total. The summed E-state index contributed by atoms with van der Waals surface area (Å²) in [7, 11) is 0. The first-order valence-electron chi connectivity index (χ1n) is 5.24. The maximum atomic E-state index is 3.83. The number of allylic oxidation sites excluding steroid dienone is 1. The molecule has 0 radical (unpaired) electrons. The highest BCUT2D eigenvalue weighted by Gasteiger charge is 2.06. The second-order valence-electron chi connectivity index (χ2n) is 4.29. The first-order valence-corrected chi connectivity index (χ1v) is 5.24. The van der Waals surface area contributed by atoms with Crippen molar-refractivity contribution in [1.82, 2.24) is 0 Å². The first-order chi connectivity index (χ1) is 6.54. The van der Waals surface area contributed by atoms with Gasteiger partial charge in [-0.25, -0.2) is 0 Å². The van der Waals surface area contributed by atoms with Crippen LogP contribution >= 0.6 is 0 Å². The third-order valence-electron chi connectivity index (χ3n) is 2.77. The van der Waals surface area contributed by atoms with E-state index in [1.807, 2.05) is 6.08 Å². The fraction of sp³-hybridized carbons (Fsp3) is 0.429. The molecule has 1 aromatic carbocycles. The molecule has 0 saturated heterocycles. The van der Waals surface area contributed by atoms with Crippen molar-refractivity contribution in [3.63, 3.8) is 0 Å². The Kier molecular flexibility index (Phi) is 3.51. The van der Waals surface area contributed by atoms with Gasteiger partial charge in [-0.3, -0.25) is 0 Å². The fourth-order valence-corrected chi connectivity index (χ4v) is 1.94. The molecule has 0 spiro atoms. The Morgan fingerprint density at radius 3 is 2.14 bits per heavy atom. The van der Waals surface area contributed by atoms with Crippen LogP contribution in [-0.4, -0.2) is 0 Å². The normalized spacial score (nSPS) is 12.6. The van der Waals surface area contributed by atoms with Gasteiger partial charge in [0.1, 0.15) is 0 Å². The molecule has 0 heterocycles. The summed E-state index contributed by atoms with van der Waals surface area (Å²) >= 11 is 0. The van der Waals surface area contributed by atoms with Crippen LogP contribution in [0.15, 0.2) is 24.8 Å². The van der Waals surface area contributed by atoms with Crippen molar-refractivity contribution in [2.24, 2.45) is 5.92 Å². The van der Waals surface area contributed by atoms with E-state index in [1.165, 1.54) is 22.3 Å². The van der Waals surface area contributed by atoms with Gasteiger partial charge in [0, 0.05) is 0 Å². The third-order valence-corrected chi connectivity index (χ3v) is 2.77. The molecule has 0 aromatic heterocycles. The monoisotopic (exact) mass is 188 g/mol. The molecule has 0 bridgehead atoms. The molecule has 0 fully saturated rings. The zero-order valence-electron chi connectivity index (χ0n) is 9.72. The summed E-state index contributed by atoms with van der Waals surface area (Å²) in [6.07, 6.45) is 3.14. The molecule has 1 rings (SSSR count). The Hall–Kier alpha value is -1.04. The Labute approximate surface area is 87.7 Å². The van der Waals surface area contributed by atoms with E-state index in [2.05, 4.69) is 46.4 Å². The number of hydrogen-bond acceptors (Lipinski definition) is 0. The number of aryl methyl sites for hydroxylation is 3. The van der Waals surface area contributed by atoms with Gasteiger partial charge < -0.3 is 0 Å². The lowest BCUT2D eigenvalue weighted by Crippen LogP contribution is -2.01. The molecule has 0 aliphatic heterocycles. The zero-order chi connectivity index (χ0) is 10.7. The molecule has 0 aliphatic carbocycles. The Bertz CT molecular complexity index is 311. The van der Waals surface area contributed by atoms with Gasteiger partial charge in [0.2, 0.25) is 0 Å². The van der Waals surface area contributed by atoms with Crippen LogP contribution in [0, 0.1) is 26.7 Å². The van der Waals surface area contributed by atoms with Crippen molar-refractivity contribution in [3.05, 3.63) is 47.0 Å². The van der Waals surface area contributed by atoms with Crippen LogP contribution in [0.5, 0.6) is 0 Å². The van der Waals surface area contributed by atoms with Crippen LogP contribution in [0.3, 0.4) is 0 Å². The van der Waals surface area contributed by atoms with E-state index in [0.717, 1.165) is 6.42 Å². The van der Waals surface area contributed by atoms with Gasteiger partial charge in [-0.2, -0.15) is 0 Å². The lowest BCUT2D eigenvalue weighted by Gasteiger charge is -2.13. The molecule has 1 atom stereocenters. The molecule has 0 heteroatoms. The SMILES string of the molecule is C=CC(C)Cc1c(C)cc(C)cc1C. The maximum absolute atomic E-state index is 3.83. The molecule has 0 saturated carbocycles. The summed E-state index contributed by atoms with van der Waals surface area (Å²) in [5.41, 5.74) is 5.67. The van der Waals surface area contributed by atoms with E-state index in [9.17, 15) is 0 Å². The highest BCUT2D eigenvalue weighted by Crippen LogP contribution is 2.20. The summed E-state index contributed by atoms with van der Waals surface area (Å²) in [5.74, 6) is 0.565. The van der Waals surface area contributed by atoms with Gasteiger partial charge in [0.25, 0.3) is 0 Å². The summed E-state index contributed by atoms with van der Waals surface area (Å²) in [6.45, 7) is 12.6. The molecular weight excluding hydrogens is 168 g/mol. The van der Waals surface area contributed by atoms with Crippen LogP contribution in [0.4, 0.5) is 0 Å². The summed E-state index contributed by atoms with van der Waals surface area (Å²) in [4.78, 5) is 0. The van der Waals surface area contributed by atoms with Crippen molar-refractivity contribution in [2.75, 3.05) is 0 Å². The van der Waals surface area contributed by atoms with Crippen LogP contribution in [-0.2, 0) is 6.42 Å². The summed E-state index contributed by atoms with van der Waals surface area (Å²) in [6, 6.07) is 4.52. The van der Waals surface area contributed by atoms with Gasteiger partial charge in [-0.1, -0.05) is 30.7 Å². The number of benzene rings is 1. The number of hydrogen-bond donors (Lipinski definition) is 0. The Morgan fingerprint density at radius 1 is 1.21 bits per heavy atom. The lowest BCUT2D eigenvalue weighted by molar-refractivity contribution is 0.718. The molecule has 1 aromatic rings. The lowest BCUT2D eigenvalue weighted by atomic mass is 9.92. The highest BCUT2D eigenvalue weighted by atomic mass is 14.1. The second kappa shape index (κ2) is 4.45. The molecule has 1 unspecified atom stereocenters. The molecular formula is C14H20. The molecule has 0 amide bonds. The number of rotatable bonds is 3. The topological polar surface area (TPSA) is 0 Å². The van der Waals surface area contributed by atoms with E-state index >= 15 is 0 Å². The van der Waals surface area contributed by atoms with Crippen molar-refractivity contribution in [1.29, 1.82) is 0 Å². The first kappa shape index (κ1) is 11.0. The van der Waals surface area contributed by atoms with Crippen molar-refractivity contribution >= 4 is 0 Å². The van der Waals surface area contributed by atoms with Gasteiger partial charge in [0.15, 0.2) is 0 Å². The highest BCUT2D eigenvalue weighted by molar-refractivity contribution is 5.37. The zero-order valence-corrected chi connectivity index (χ0v) is 9.72. The Morgan fingerprint density at radius 2 is 1.71 bits per heavy atom. The van der Waals surface area contributed by atoms with Gasteiger partial charge >= 0.3 is 0 Å². The average molecular weight is 188 g/mol. The van der Waals surface area contributed by atoms with Crippen molar-refractivity contribution in [2.45, 2.75) is 34.1 Å². The standard InChI is InChI=1S/C14H20/c1-6-10(2)9-14-12(4)7-11(3)8-13(14)5/h6-8,10H,1,9H2,2-5H3. The van der Waals surface area contributed by atoms with Crippen LogP contribution in [0.25, 0.3) is 0 Å². The predicted molar refractivity (Wildman–Crippen MR) is 63.7 cm³/mol. The van der Waals surface area contributed by atoms with Crippen molar-refractivity contribution < 1.29 is 0 Å². The summed E-state index contributed by atoms with van der Waals surface area (Å²) in [5, 5.41) is 0. The molecule has 0 nitrogen and oxygen atoms in total. The minimum absolute atomic E-state index is 0.565. The molecule has 14 heavy (non-hydrogen) atoms. The van der Waals surface area contributed by atoms with E-state index in [0.29, 0.717) is 5.92 Å². The van der Waals surface area contributed by atoms with E-state index in [4.69, 9.17) is 0 Å². The van der Waals surface area contributed by atoms with E-state index in [1.54, 1.807) is 0 Å². The second-order valence-corrected chi connectivity index (χ2v) is 4.29. The van der Waals surface area contributed by atoms with Gasteiger partial charge in [0.05, 0.1) is 0 Å². The van der Waals surface area contributed by atoms with Crippen LogP contribution in [0.2, 0.25) is 0 Å². The summed E-state index contributed by atoms with van der Waals surface area (Å²) < 4.78 is 0. The third kappa shape index (κ3) is 2.47. The minimum atomic E-state index is 0.565. The van der Waals surface area contributed by atoms with E-state index in [-0.39, 0.29) is 0 Å². The average Bonchev–Trinajstić information content (AvgIpc) is 2.10. The van der Waals surface area contributed by atoms with Crippen molar-refractivity contribution in [3.8, 4) is 0 Å². The van der Waals surface area contributed by atoms with Gasteiger partial charge in [-0.15, -0.1) is 6.58 Å². The fourth-order valence-electron chi connectivity index (χ4n) is 1.94. The minimum Gasteiger partial charge on any atom is -0.103 e. The molecule has 76 valence electrons. The van der Waals surface area contributed by atoms with Gasteiger partial charge in [-0.05, 0) is 49.8 Å². The quantitative estimate of drug-likeness (QED) is 0.629.